The molecule has 1 saturated heterocycles. The minimum absolute atomic E-state index is 0.0148. The number of nitrogens with one attached hydrogen (secondary N) is 1. The Bertz CT molecular complexity index is 1040. The molecule has 0 aliphatic carbocycles. The molecule has 1 fully saturated rings. The third-order valence-electron chi connectivity index (χ3n) is 6.28. The molecule has 0 atom stereocenters. The molecule has 0 spiro atoms. The summed E-state index contributed by atoms with van der Waals surface area (Å²) < 4.78 is 6.22. The van der Waals surface area contributed by atoms with Crippen LogP contribution in [0, 0.1) is 5.92 Å². The molecule has 0 radical (unpaired) electrons. The van der Waals surface area contributed by atoms with E-state index in [4.69, 9.17) is 4.74 Å². The van der Waals surface area contributed by atoms with Gasteiger partial charge in [-0.1, -0.05) is 31.5 Å². The zero-order valence-corrected chi connectivity index (χ0v) is 19.1. The van der Waals surface area contributed by atoms with Crippen molar-refractivity contribution in [3.05, 3.63) is 60.3 Å². The third-order valence-corrected chi connectivity index (χ3v) is 6.28. The summed E-state index contributed by atoms with van der Waals surface area (Å²) in [6.07, 6.45) is 6.57. The normalized spacial score (nSPS) is 15.1. The number of ketones is 1. The molecule has 4 rings (SSSR count). The minimum atomic E-state index is -0.0148. The fraction of sp³-hybridized carbons (Fsp3) is 0.407. The van der Waals surface area contributed by atoms with Crippen LogP contribution in [0.4, 0.5) is 11.4 Å². The Hall–Kier alpha value is -2.92. The zero-order valence-electron chi connectivity index (χ0n) is 19.1. The lowest BCUT2D eigenvalue weighted by Crippen LogP contribution is -2.36. The predicted octanol–water partition coefficient (Wildman–Crippen LogP) is 6.07. The second-order valence-electron chi connectivity index (χ2n) is 8.72. The van der Waals surface area contributed by atoms with Crippen molar-refractivity contribution in [2.75, 3.05) is 31.6 Å². The van der Waals surface area contributed by atoms with E-state index in [2.05, 4.69) is 22.1 Å². The molecule has 2 heterocycles. The highest BCUT2D eigenvalue weighted by Crippen LogP contribution is 2.32. The van der Waals surface area contributed by atoms with Crippen molar-refractivity contribution in [2.24, 2.45) is 5.92 Å². The summed E-state index contributed by atoms with van der Waals surface area (Å²) in [5.41, 5.74) is 3.13. The second kappa shape index (κ2) is 10.6. The fourth-order valence-corrected chi connectivity index (χ4v) is 4.30. The van der Waals surface area contributed by atoms with Crippen molar-refractivity contribution in [1.82, 2.24) is 9.88 Å². The Balaban J connectivity index is 1.50. The average molecular weight is 432 g/mol. The van der Waals surface area contributed by atoms with E-state index in [1.807, 2.05) is 48.5 Å². The molecule has 0 amide bonds. The average Bonchev–Trinajstić information content (AvgIpc) is 2.82. The number of hydrogen-bond donors (Lipinski definition) is 1. The van der Waals surface area contributed by atoms with Gasteiger partial charge in [-0.3, -0.25) is 9.78 Å². The maximum Gasteiger partial charge on any atom is 0.163 e. The van der Waals surface area contributed by atoms with E-state index in [0.717, 1.165) is 34.6 Å². The second-order valence-corrected chi connectivity index (χ2v) is 8.72. The molecule has 0 unspecified atom stereocenters. The van der Waals surface area contributed by atoms with Crippen LogP contribution in [0.25, 0.3) is 10.9 Å². The highest BCUT2D eigenvalue weighted by Gasteiger charge is 2.20. The number of Topliss-reactive ketones (excluding diaryl/α,β-unsaturated/α-hetero) is 1. The number of likely N-dealkylation sites (tertiary alicyclic amines) is 1. The van der Waals surface area contributed by atoms with Crippen molar-refractivity contribution in [3.63, 3.8) is 0 Å². The lowest BCUT2D eigenvalue weighted by molar-refractivity contribution is 0.101. The number of benzene rings is 2. The highest BCUT2D eigenvalue weighted by molar-refractivity contribution is 6.08. The van der Waals surface area contributed by atoms with Crippen LogP contribution in [0.2, 0.25) is 0 Å². The number of piperidine rings is 1. The van der Waals surface area contributed by atoms with E-state index < -0.39 is 0 Å². The molecule has 1 N–H and O–H groups in total. The largest absolute Gasteiger partial charge is 0.493 e. The number of anilines is 2. The molecule has 32 heavy (non-hydrogen) atoms. The van der Waals surface area contributed by atoms with Crippen molar-refractivity contribution >= 4 is 28.1 Å². The first-order valence-corrected chi connectivity index (χ1v) is 11.7. The number of fused-ring (bicyclic) bond motifs is 1. The summed E-state index contributed by atoms with van der Waals surface area (Å²) in [4.78, 5) is 19.4. The summed E-state index contributed by atoms with van der Waals surface area (Å²) in [5.74, 6) is 1.40. The zero-order chi connectivity index (χ0) is 22.3. The number of aromatic nitrogens is 1. The molecule has 5 nitrogen and oxygen atoms in total. The monoisotopic (exact) mass is 431 g/mol. The van der Waals surface area contributed by atoms with E-state index in [-0.39, 0.29) is 5.78 Å². The molecule has 5 heteroatoms. The van der Waals surface area contributed by atoms with Crippen molar-refractivity contribution in [1.29, 1.82) is 0 Å². The molecular formula is C27H33N3O2. The van der Waals surface area contributed by atoms with Gasteiger partial charge < -0.3 is 15.0 Å². The molecular weight excluding hydrogens is 398 g/mol. The maximum atomic E-state index is 12.3. The van der Waals surface area contributed by atoms with E-state index in [0.29, 0.717) is 11.5 Å². The fourth-order valence-electron chi connectivity index (χ4n) is 4.30. The molecule has 1 aromatic heterocycles. The van der Waals surface area contributed by atoms with Gasteiger partial charge in [0.15, 0.2) is 5.78 Å². The van der Waals surface area contributed by atoms with Gasteiger partial charge in [-0.05, 0) is 82.1 Å². The molecule has 168 valence electrons. The van der Waals surface area contributed by atoms with Crippen LogP contribution < -0.4 is 10.1 Å². The quantitative estimate of drug-likeness (QED) is 0.417. The summed E-state index contributed by atoms with van der Waals surface area (Å²) in [6.45, 7) is 8.11. The van der Waals surface area contributed by atoms with Crippen molar-refractivity contribution in [2.45, 2.75) is 39.5 Å². The van der Waals surface area contributed by atoms with Crippen molar-refractivity contribution in [3.8, 4) is 5.75 Å². The summed E-state index contributed by atoms with van der Waals surface area (Å²) in [6, 6.07) is 15.9. The van der Waals surface area contributed by atoms with Crippen LogP contribution in [0.3, 0.4) is 0 Å². The summed E-state index contributed by atoms with van der Waals surface area (Å²) in [7, 11) is 0. The van der Waals surface area contributed by atoms with Gasteiger partial charge in [-0.2, -0.15) is 0 Å². The molecule has 1 aliphatic rings. The van der Waals surface area contributed by atoms with Gasteiger partial charge in [-0.25, -0.2) is 0 Å². The van der Waals surface area contributed by atoms with Crippen LogP contribution >= 0.6 is 0 Å². The van der Waals surface area contributed by atoms with E-state index in [1.54, 1.807) is 13.1 Å². The number of unbranched alkanes of at least 4 members (excludes halogenated alkanes) is 1. The standard InChI is InChI=1S/C27H33N3O2/c1-3-4-14-30-15-12-21(13-16-30)19-32-23-10-11-26-24(17-23)27(25(18-28-26)20(2)31)29-22-8-6-5-7-9-22/h5-11,17-18,21H,3-4,12-16,19H2,1-2H3,(H,28,29). The Morgan fingerprint density at radius 3 is 2.66 bits per heavy atom. The molecule has 3 aromatic rings. The number of nitrogens with zero attached hydrogens (tertiary/aromatic N) is 2. The lowest BCUT2D eigenvalue weighted by atomic mass is 9.97. The van der Waals surface area contributed by atoms with Crippen LogP contribution in [-0.4, -0.2) is 41.9 Å². The molecule has 0 saturated carbocycles. The smallest absolute Gasteiger partial charge is 0.163 e. The summed E-state index contributed by atoms with van der Waals surface area (Å²) >= 11 is 0. The van der Waals surface area contributed by atoms with Gasteiger partial charge in [0.2, 0.25) is 0 Å². The van der Waals surface area contributed by atoms with Crippen LogP contribution in [0.5, 0.6) is 5.75 Å². The highest BCUT2D eigenvalue weighted by atomic mass is 16.5. The van der Waals surface area contributed by atoms with Crippen molar-refractivity contribution < 1.29 is 9.53 Å². The van der Waals surface area contributed by atoms with Gasteiger partial charge in [0, 0.05) is 17.3 Å². The first kappa shape index (κ1) is 22.3. The first-order chi connectivity index (χ1) is 15.6. The van der Waals surface area contributed by atoms with Crippen LogP contribution in [0.15, 0.2) is 54.7 Å². The molecule has 0 bridgehead atoms. The summed E-state index contributed by atoms with van der Waals surface area (Å²) in [5, 5.41) is 4.33. The molecule has 1 aliphatic heterocycles. The Labute approximate surface area is 190 Å². The first-order valence-electron chi connectivity index (χ1n) is 11.7. The maximum absolute atomic E-state index is 12.3. The minimum Gasteiger partial charge on any atom is -0.493 e. The number of para-hydroxylation sites is 1. The number of pyridine rings is 1. The number of rotatable bonds is 9. The van der Waals surface area contributed by atoms with E-state index in [1.165, 1.54) is 45.3 Å². The van der Waals surface area contributed by atoms with Crippen LogP contribution in [0.1, 0.15) is 49.9 Å². The molecule has 2 aromatic carbocycles. The number of carbonyl (C=O) groups is 1. The Kier molecular flexibility index (Phi) is 7.38. The van der Waals surface area contributed by atoms with Crippen LogP contribution in [-0.2, 0) is 0 Å². The van der Waals surface area contributed by atoms with Gasteiger partial charge in [0.05, 0.1) is 23.4 Å². The van der Waals surface area contributed by atoms with Gasteiger partial charge in [0.25, 0.3) is 0 Å². The third kappa shape index (κ3) is 5.46. The Morgan fingerprint density at radius 2 is 1.94 bits per heavy atom. The topological polar surface area (TPSA) is 54.5 Å². The lowest BCUT2D eigenvalue weighted by Gasteiger charge is -2.31. The number of ether oxygens (including phenoxy) is 1. The van der Waals surface area contributed by atoms with Gasteiger partial charge in [0.1, 0.15) is 5.75 Å². The van der Waals surface area contributed by atoms with Gasteiger partial charge >= 0.3 is 0 Å². The predicted molar refractivity (Wildman–Crippen MR) is 131 cm³/mol. The van der Waals surface area contributed by atoms with E-state index >= 15 is 0 Å². The number of carbonyl (C=O) groups excluding carboxylic acids is 1. The van der Waals surface area contributed by atoms with Gasteiger partial charge in [-0.15, -0.1) is 0 Å². The SMILES string of the molecule is CCCCN1CCC(COc2ccc3ncc(C(C)=O)c(Nc4ccccc4)c3c2)CC1. The number of hydrogen-bond acceptors (Lipinski definition) is 5. The van der Waals surface area contributed by atoms with E-state index in [9.17, 15) is 4.79 Å². The Morgan fingerprint density at radius 1 is 1.16 bits per heavy atom.